The molecular formula is C18H13F3N4O. The smallest absolute Gasteiger partial charge is 0.258 e. The highest BCUT2D eigenvalue weighted by molar-refractivity contribution is 6.03. The molecule has 0 aliphatic heterocycles. The zero-order valence-electron chi connectivity index (χ0n) is 13.3. The van der Waals surface area contributed by atoms with Gasteiger partial charge in [-0.1, -0.05) is 12.1 Å². The Morgan fingerprint density at radius 2 is 1.62 bits per heavy atom. The van der Waals surface area contributed by atoms with E-state index >= 15 is 0 Å². The molecule has 0 saturated heterocycles. The minimum atomic E-state index is -1.06. The standard InChI is InChI=1S/C18H13F3N4O/c19-13-3-1-11(2-4-13)8-22-18-23-9-12(10-24-18)17(26)25-14-5-6-15(20)16(21)7-14/h1-7,9-10H,8H2,(H,25,26)(H,22,23,24). The molecular weight excluding hydrogens is 345 g/mol. The summed E-state index contributed by atoms with van der Waals surface area (Å²) in [5.74, 6) is -2.64. The van der Waals surface area contributed by atoms with Crippen LogP contribution in [0.5, 0.6) is 0 Å². The molecule has 5 nitrogen and oxygen atoms in total. The van der Waals surface area contributed by atoms with Crippen LogP contribution in [-0.4, -0.2) is 15.9 Å². The van der Waals surface area contributed by atoms with Crippen LogP contribution in [0, 0.1) is 17.5 Å². The number of hydrogen-bond donors (Lipinski definition) is 2. The number of rotatable bonds is 5. The molecule has 8 heteroatoms. The second-order valence-electron chi connectivity index (χ2n) is 5.36. The van der Waals surface area contributed by atoms with Gasteiger partial charge in [0.2, 0.25) is 5.95 Å². The lowest BCUT2D eigenvalue weighted by Crippen LogP contribution is -2.13. The van der Waals surface area contributed by atoms with E-state index in [2.05, 4.69) is 20.6 Å². The molecule has 0 saturated carbocycles. The van der Waals surface area contributed by atoms with Crippen molar-refractivity contribution in [3.63, 3.8) is 0 Å². The summed E-state index contributed by atoms with van der Waals surface area (Å²) in [6.07, 6.45) is 2.60. The van der Waals surface area contributed by atoms with Gasteiger partial charge in [0.05, 0.1) is 5.56 Å². The predicted octanol–water partition coefficient (Wildman–Crippen LogP) is 3.76. The molecule has 132 valence electrons. The van der Waals surface area contributed by atoms with Crippen molar-refractivity contribution in [3.05, 3.63) is 83.4 Å². The van der Waals surface area contributed by atoms with Gasteiger partial charge in [0, 0.05) is 30.7 Å². The van der Waals surface area contributed by atoms with Crippen molar-refractivity contribution in [2.75, 3.05) is 10.6 Å². The van der Waals surface area contributed by atoms with E-state index in [1.54, 1.807) is 12.1 Å². The highest BCUT2D eigenvalue weighted by atomic mass is 19.2. The van der Waals surface area contributed by atoms with Crippen LogP contribution in [0.2, 0.25) is 0 Å². The third kappa shape index (κ3) is 4.35. The van der Waals surface area contributed by atoms with Gasteiger partial charge in [0.15, 0.2) is 11.6 Å². The zero-order valence-corrected chi connectivity index (χ0v) is 13.3. The molecule has 0 aliphatic carbocycles. The number of carbonyl (C=O) groups is 1. The Labute approximate surface area is 146 Å². The Kier molecular flexibility index (Phi) is 5.12. The molecule has 0 spiro atoms. The van der Waals surface area contributed by atoms with Crippen molar-refractivity contribution in [3.8, 4) is 0 Å². The second-order valence-corrected chi connectivity index (χ2v) is 5.36. The van der Waals surface area contributed by atoms with Crippen molar-refractivity contribution in [2.24, 2.45) is 0 Å². The van der Waals surface area contributed by atoms with Gasteiger partial charge in [0.25, 0.3) is 5.91 Å². The quantitative estimate of drug-likeness (QED) is 0.729. The summed E-state index contributed by atoms with van der Waals surface area (Å²) >= 11 is 0. The van der Waals surface area contributed by atoms with Gasteiger partial charge in [-0.05, 0) is 29.8 Å². The van der Waals surface area contributed by atoms with E-state index in [0.717, 1.165) is 17.7 Å². The van der Waals surface area contributed by atoms with E-state index in [-0.39, 0.29) is 17.1 Å². The molecule has 26 heavy (non-hydrogen) atoms. The molecule has 2 N–H and O–H groups in total. The van der Waals surface area contributed by atoms with Gasteiger partial charge in [-0.25, -0.2) is 23.1 Å². The summed E-state index contributed by atoms with van der Waals surface area (Å²) in [6.45, 7) is 0.390. The number of anilines is 2. The fourth-order valence-corrected chi connectivity index (χ4v) is 2.10. The topological polar surface area (TPSA) is 66.9 Å². The van der Waals surface area contributed by atoms with Crippen LogP contribution < -0.4 is 10.6 Å². The first-order chi connectivity index (χ1) is 12.5. The molecule has 1 aromatic heterocycles. The van der Waals surface area contributed by atoms with Crippen LogP contribution in [-0.2, 0) is 6.54 Å². The van der Waals surface area contributed by atoms with Gasteiger partial charge in [-0.15, -0.1) is 0 Å². The van der Waals surface area contributed by atoms with E-state index in [9.17, 15) is 18.0 Å². The number of aromatic nitrogens is 2. The number of benzene rings is 2. The van der Waals surface area contributed by atoms with Gasteiger partial charge >= 0.3 is 0 Å². The first-order valence-electron chi connectivity index (χ1n) is 7.58. The second kappa shape index (κ2) is 7.64. The van der Waals surface area contributed by atoms with Crippen LogP contribution >= 0.6 is 0 Å². The predicted molar refractivity (Wildman–Crippen MR) is 90.1 cm³/mol. The van der Waals surface area contributed by atoms with Crippen LogP contribution in [0.4, 0.5) is 24.8 Å². The number of halogens is 3. The first-order valence-corrected chi connectivity index (χ1v) is 7.58. The van der Waals surface area contributed by atoms with E-state index in [0.29, 0.717) is 12.5 Å². The monoisotopic (exact) mass is 358 g/mol. The van der Waals surface area contributed by atoms with Gasteiger partial charge in [0.1, 0.15) is 5.82 Å². The Morgan fingerprint density at radius 1 is 0.923 bits per heavy atom. The maximum atomic E-state index is 13.2. The molecule has 3 rings (SSSR count). The molecule has 1 heterocycles. The van der Waals surface area contributed by atoms with Crippen molar-refractivity contribution < 1.29 is 18.0 Å². The first kappa shape index (κ1) is 17.4. The van der Waals surface area contributed by atoms with Gasteiger partial charge < -0.3 is 10.6 Å². The Hall–Kier alpha value is -3.42. The maximum Gasteiger partial charge on any atom is 0.258 e. The average Bonchev–Trinajstić information content (AvgIpc) is 2.65. The van der Waals surface area contributed by atoms with E-state index < -0.39 is 17.5 Å². The third-order valence-electron chi connectivity index (χ3n) is 3.46. The van der Waals surface area contributed by atoms with Crippen molar-refractivity contribution in [1.29, 1.82) is 0 Å². The molecule has 2 aromatic carbocycles. The molecule has 0 fully saturated rings. The summed E-state index contributed by atoms with van der Waals surface area (Å²) in [7, 11) is 0. The highest BCUT2D eigenvalue weighted by Crippen LogP contribution is 2.14. The molecule has 0 bridgehead atoms. The minimum Gasteiger partial charge on any atom is -0.350 e. The largest absolute Gasteiger partial charge is 0.350 e. The molecule has 0 aliphatic rings. The molecule has 0 unspecified atom stereocenters. The summed E-state index contributed by atoms with van der Waals surface area (Å²) in [5, 5.41) is 5.37. The number of carbonyl (C=O) groups excluding carboxylic acids is 1. The third-order valence-corrected chi connectivity index (χ3v) is 3.46. The van der Waals surface area contributed by atoms with E-state index in [4.69, 9.17) is 0 Å². The van der Waals surface area contributed by atoms with Crippen molar-refractivity contribution in [2.45, 2.75) is 6.54 Å². The number of amides is 1. The Bertz CT molecular complexity index is 915. The maximum absolute atomic E-state index is 13.2. The number of nitrogens with zero attached hydrogens (tertiary/aromatic N) is 2. The lowest BCUT2D eigenvalue weighted by Gasteiger charge is -2.07. The van der Waals surface area contributed by atoms with Crippen LogP contribution in [0.25, 0.3) is 0 Å². The number of hydrogen-bond acceptors (Lipinski definition) is 4. The van der Waals surface area contributed by atoms with Crippen molar-refractivity contribution in [1.82, 2.24) is 9.97 Å². The van der Waals surface area contributed by atoms with Crippen LogP contribution in [0.3, 0.4) is 0 Å². The summed E-state index contributed by atoms with van der Waals surface area (Å²) in [6, 6.07) is 9.01. The summed E-state index contributed by atoms with van der Waals surface area (Å²) in [5.41, 5.74) is 1.12. The number of nitrogens with one attached hydrogen (secondary N) is 2. The lowest BCUT2D eigenvalue weighted by atomic mass is 10.2. The fourth-order valence-electron chi connectivity index (χ4n) is 2.10. The van der Waals surface area contributed by atoms with E-state index in [1.807, 2.05) is 0 Å². The van der Waals surface area contributed by atoms with Gasteiger partial charge in [-0.2, -0.15) is 0 Å². The normalized spacial score (nSPS) is 10.4. The SMILES string of the molecule is O=C(Nc1ccc(F)c(F)c1)c1cnc(NCc2ccc(F)cc2)nc1. The molecule has 0 radical (unpaired) electrons. The van der Waals surface area contributed by atoms with Crippen LogP contribution in [0.15, 0.2) is 54.9 Å². The summed E-state index contributed by atoms with van der Waals surface area (Å²) < 4.78 is 38.9. The van der Waals surface area contributed by atoms with E-state index in [1.165, 1.54) is 30.6 Å². The zero-order chi connectivity index (χ0) is 18.5. The molecule has 0 atom stereocenters. The average molecular weight is 358 g/mol. The van der Waals surface area contributed by atoms with Gasteiger partial charge in [-0.3, -0.25) is 4.79 Å². The summed E-state index contributed by atoms with van der Waals surface area (Å²) in [4.78, 5) is 20.1. The minimum absolute atomic E-state index is 0.118. The molecule has 1 amide bonds. The van der Waals surface area contributed by atoms with Crippen LogP contribution in [0.1, 0.15) is 15.9 Å². The molecule has 3 aromatic rings. The Morgan fingerprint density at radius 3 is 2.27 bits per heavy atom. The lowest BCUT2D eigenvalue weighted by molar-refractivity contribution is 0.102. The fraction of sp³-hybridized carbons (Fsp3) is 0.0556. The highest BCUT2D eigenvalue weighted by Gasteiger charge is 2.10. The Balaban J connectivity index is 1.60. The van der Waals surface area contributed by atoms with Crippen molar-refractivity contribution >= 4 is 17.5 Å².